The fourth-order valence-corrected chi connectivity index (χ4v) is 6.58. The lowest BCUT2D eigenvalue weighted by Gasteiger charge is -2.29. The molecule has 1 saturated heterocycles. The Balaban J connectivity index is 1.27. The number of fused-ring (bicyclic) bond motifs is 8. The van der Waals surface area contributed by atoms with Crippen LogP contribution in [-0.2, 0) is 19.2 Å². The van der Waals surface area contributed by atoms with Gasteiger partial charge in [-0.25, -0.2) is 4.79 Å². The number of esters is 1. The highest BCUT2D eigenvalue weighted by Gasteiger charge is 2.70. The maximum Gasteiger partial charge on any atom is 0.338 e. The van der Waals surface area contributed by atoms with Crippen LogP contribution >= 0.6 is 0 Å². The van der Waals surface area contributed by atoms with Gasteiger partial charge in [0.2, 0.25) is 11.8 Å². The number of imide groups is 1. The Labute approximate surface area is 207 Å². The molecule has 0 spiro atoms. The second kappa shape index (κ2) is 8.36. The third-order valence-electron chi connectivity index (χ3n) is 8.01. The molecular formula is C27H26N2O7. The molecule has 0 aromatic heterocycles. The zero-order valence-electron chi connectivity index (χ0n) is 20.2. The summed E-state index contributed by atoms with van der Waals surface area (Å²) in [5.74, 6) is -0.665. The van der Waals surface area contributed by atoms with Gasteiger partial charge in [-0.05, 0) is 61.7 Å². The Hall–Kier alpha value is -3.88. The summed E-state index contributed by atoms with van der Waals surface area (Å²) in [7, 11) is 3.16. The second-order valence-electron chi connectivity index (χ2n) is 9.54. The summed E-state index contributed by atoms with van der Waals surface area (Å²) in [6.45, 7) is 2.01. The molecule has 2 aliphatic heterocycles. The first-order valence-corrected chi connectivity index (χ1v) is 12.1. The van der Waals surface area contributed by atoms with Crippen molar-refractivity contribution >= 4 is 29.2 Å². The minimum atomic E-state index is -0.440. The molecule has 2 saturated carbocycles. The van der Waals surface area contributed by atoms with Crippen LogP contribution in [0.3, 0.4) is 0 Å². The van der Waals surface area contributed by atoms with E-state index in [-0.39, 0.29) is 42.3 Å². The average molecular weight is 491 g/mol. The van der Waals surface area contributed by atoms with Gasteiger partial charge >= 0.3 is 5.97 Å². The van der Waals surface area contributed by atoms with Crippen LogP contribution in [0.1, 0.15) is 29.3 Å². The molecule has 2 bridgehead atoms. The maximum absolute atomic E-state index is 13.6. The van der Waals surface area contributed by atoms with Crippen molar-refractivity contribution in [3.63, 3.8) is 0 Å². The van der Waals surface area contributed by atoms with E-state index in [0.717, 1.165) is 17.7 Å². The van der Waals surface area contributed by atoms with E-state index < -0.39 is 17.8 Å². The standard InChI is InChI=1S/C27H26N2O7/c1-4-35-27(32)13-5-8-15(9-6-13)29-25(30)20-16-12-17(21(20)26(29)31)24-22(16)23(28-36-24)14-7-10-18(33-2)19(11-14)34-3/h5-11,16-17,20-22,24H,4,12H2,1-3H3/t16-,17-,20-,21-,22-,24-/m1/s1. The van der Waals surface area contributed by atoms with E-state index in [1.54, 1.807) is 45.4 Å². The number of ether oxygens (including phenoxy) is 3. The Morgan fingerprint density at radius 2 is 1.67 bits per heavy atom. The minimum Gasteiger partial charge on any atom is -0.493 e. The van der Waals surface area contributed by atoms with Gasteiger partial charge in [-0.2, -0.15) is 0 Å². The summed E-state index contributed by atoms with van der Waals surface area (Å²) < 4.78 is 15.8. The van der Waals surface area contributed by atoms with Crippen LogP contribution in [-0.4, -0.2) is 50.4 Å². The number of hydrogen-bond donors (Lipinski definition) is 0. The van der Waals surface area contributed by atoms with Crippen molar-refractivity contribution in [2.45, 2.75) is 19.4 Å². The molecule has 2 aromatic rings. The molecule has 36 heavy (non-hydrogen) atoms. The van der Waals surface area contributed by atoms with Crippen molar-refractivity contribution in [2.75, 3.05) is 25.7 Å². The molecule has 9 heteroatoms. The SMILES string of the molecule is CCOC(=O)c1ccc(N2C(=O)[C@@H]3[C@H]4C[C@@H]([C@H]5ON=C(c6ccc(OC)c(OC)c6)[C@@H]45)[C@H]3C2=O)cc1. The van der Waals surface area contributed by atoms with Gasteiger partial charge in [0.25, 0.3) is 0 Å². The summed E-state index contributed by atoms with van der Waals surface area (Å²) in [5.41, 5.74) is 2.47. The molecule has 186 valence electrons. The third kappa shape index (κ3) is 3.08. The number of carbonyl (C=O) groups is 3. The number of amides is 2. The zero-order chi connectivity index (χ0) is 25.1. The van der Waals surface area contributed by atoms with E-state index in [1.165, 1.54) is 4.90 Å². The van der Waals surface area contributed by atoms with Crippen LogP contribution in [0, 0.1) is 29.6 Å². The van der Waals surface area contributed by atoms with Gasteiger partial charge < -0.3 is 19.0 Å². The fourth-order valence-electron chi connectivity index (χ4n) is 6.58. The first-order chi connectivity index (χ1) is 17.5. The summed E-state index contributed by atoms with van der Waals surface area (Å²) in [6, 6.07) is 12.0. The van der Waals surface area contributed by atoms with Crippen molar-refractivity contribution in [1.82, 2.24) is 0 Å². The van der Waals surface area contributed by atoms with E-state index in [2.05, 4.69) is 5.16 Å². The molecule has 6 rings (SSSR count). The summed E-state index contributed by atoms with van der Waals surface area (Å²) in [4.78, 5) is 46.3. The predicted molar refractivity (Wildman–Crippen MR) is 128 cm³/mol. The van der Waals surface area contributed by atoms with Gasteiger partial charge in [-0.1, -0.05) is 5.16 Å². The van der Waals surface area contributed by atoms with E-state index in [4.69, 9.17) is 19.0 Å². The second-order valence-corrected chi connectivity index (χ2v) is 9.54. The molecule has 2 aliphatic carbocycles. The van der Waals surface area contributed by atoms with Gasteiger partial charge in [0.15, 0.2) is 11.5 Å². The average Bonchev–Trinajstić information content (AvgIpc) is 3.64. The topological polar surface area (TPSA) is 104 Å². The molecule has 9 nitrogen and oxygen atoms in total. The Morgan fingerprint density at radius 1 is 0.972 bits per heavy atom. The highest BCUT2D eigenvalue weighted by atomic mass is 16.6. The molecule has 0 radical (unpaired) electrons. The minimum absolute atomic E-state index is 0.0420. The van der Waals surface area contributed by atoms with E-state index in [1.807, 2.05) is 18.2 Å². The third-order valence-corrected chi connectivity index (χ3v) is 8.01. The molecule has 2 amide bonds. The Bertz CT molecular complexity index is 1290. The lowest BCUT2D eigenvalue weighted by atomic mass is 9.71. The number of rotatable bonds is 6. The van der Waals surface area contributed by atoms with Gasteiger partial charge in [0.05, 0.1) is 49.6 Å². The molecular weight excluding hydrogens is 464 g/mol. The van der Waals surface area contributed by atoms with Crippen LogP contribution in [0.25, 0.3) is 0 Å². The largest absolute Gasteiger partial charge is 0.493 e. The highest BCUT2D eigenvalue weighted by molar-refractivity contribution is 6.23. The van der Waals surface area contributed by atoms with Crippen molar-refractivity contribution in [1.29, 1.82) is 0 Å². The van der Waals surface area contributed by atoms with Crippen LogP contribution in [0.15, 0.2) is 47.6 Å². The quantitative estimate of drug-likeness (QED) is 0.453. The van der Waals surface area contributed by atoms with Crippen LogP contribution in [0.5, 0.6) is 11.5 Å². The molecule has 3 fully saturated rings. The number of methoxy groups -OCH3 is 2. The van der Waals surface area contributed by atoms with Crippen molar-refractivity contribution < 1.29 is 33.4 Å². The smallest absolute Gasteiger partial charge is 0.338 e. The molecule has 2 aromatic carbocycles. The van der Waals surface area contributed by atoms with E-state index in [0.29, 0.717) is 22.7 Å². The summed E-state index contributed by atoms with van der Waals surface area (Å²) in [6.07, 6.45) is 0.520. The van der Waals surface area contributed by atoms with Crippen molar-refractivity contribution in [3.05, 3.63) is 53.6 Å². The molecule has 4 aliphatic rings. The molecule has 6 atom stereocenters. The molecule has 0 N–H and O–H groups in total. The van der Waals surface area contributed by atoms with Crippen LogP contribution < -0.4 is 14.4 Å². The van der Waals surface area contributed by atoms with Crippen LogP contribution in [0.4, 0.5) is 5.69 Å². The Kier molecular flexibility index (Phi) is 5.24. The van der Waals surface area contributed by atoms with E-state index >= 15 is 0 Å². The maximum atomic E-state index is 13.6. The first kappa shape index (κ1) is 22.6. The fraction of sp³-hybridized carbons (Fsp3) is 0.407. The summed E-state index contributed by atoms with van der Waals surface area (Å²) >= 11 is 0. The van der Waals surface area contributed by atoms with Gasteiger partial charge in [0, 0.05) is 17.4 Å². The van der Waals surface area contributed by atoms with E-state index in [9.17, 15) is 14.4 Å². The molecule has 2 heterocycles. The van der Waals surface area contributed by atoms with Gasteiger partial charge in [-0.3, -0.25) is 14.5 Å². The number of benzene rings is 2. The Morgan fingerprint density at radius 3 is 2.33 bits per heavy atom. The molecule has 0 unspecified atom stereocenters. The van der Waals surface area contributed by atoms with Crippen molar-refractivity contribution in [2.24, 2.45) is 34.7 Å². The normalized spacial score (nSPS) is 29.5. The number of anilines is 1. The lowest BCUT2D eigenvalue weighted by Crippen LogP contribution is -2.41. The number of oxime groups is 1. The number of carbonyl (C=O) groups excluding carboxylic acids is 3. The zero-order valence-corrected chi connectivity index (χ0v) is 20.2. The lowest BCUT2D eigenvalue weighted by molar-refractivity contribution is -0.125. The first-order valence-electron chi connectivity index (χ1n) is 12.1. The van der Waals surface area contributed by atoms with Crippen molar-refractivity contribution in [3.8, 4) is 11.5 Å². The van der Waals surface area contributed by atoms with Gasteiger partial charge in [-0.15, -0.1) is 0 Å². The monoisotopic (exact) mass is 490 g/mol. The summed E-state index contributed by atoms with van der Waals surface area (Å²) in [5, 5.41) is 4.40. The van der Waals surface area contributed by atoms with Crippen LogP contribution in [0.2, 0.25) is 0 Å². The number of nitrogens with zero attached hydrogens (tertiary/aromatic N) is 2. The predicted octanol–water partition coefficient (Wildman–Crippen LogP) is 3.06. The number of hydrogen-bond acceptors (Lipinski definition) is 8. The highest BCUT2D eigenvalue weighted by Crippen LogP contribution is 2.62. The van der Waals surface area contributed by atoms with Gasteiger partial charge in [0.1, 0.15) is 6.10 Å².